The van der Waals surface area contributed by atoms with Crippen molar-refractivity contribution in [3.63, 3.8) is 0 Å². The van der Waals surface area contributed by atoms with E-state index in [9.17, 15) is 4.79 Å². The molecule has 0 unspecified atom stereocenters. The molecule has 0 aromatic carbocycles. The molecule has 0 bridgehead atoms. The van der Waals surface area contributed by atoms with E-state index in [0.29, 0.717) is 17.3 Å². The third-order valence-corrected chi connectivity index (χ3v) is 12.2. The molecule has 1 amide bonds. The van der Waals surface area contributed by atoms with Gasteiger partial charge in [-0.2, -0.15) is 5.10 Å². The second kappa shape index (κ2) is 10.2. The third kappa shape index (κ3) is 5.74. The lowest BCUT2D eigenvalue weighted by Crippen LogP contribution is -2.44. The van der Waals surface area contributed by atoms with Gasteiger partial charge in [0.1, 0.15) is 6.26 Å². The summed E-state index contributed by atoms with van der Waals surface area (Å²) in [5, 5.41) is 8.44. The van der Waals surface area contributed by atoms with Crippen molar-refractivity contribution < 1.29 is 13.6 Å². The average molecular weight is 548 g/mol. The summed E-state index contributed by atoms with van der Waals surface area (Å²) in [6.45, 7) is 14.8. The van der Waals surface area contributed by atoms with Crippen LogP contribution in [0.4, 0.5) is 11.5 Å². The fourth-order valence-corrected chi connectivity index (χ4v) is 5.95. The van der Waals surface area contributed by atoms with E-state index in [4.69, 9.17) is 13.8 Å². The molecule has 10 nitrogen and oxygen atoms in total. The first-order chi connectivity index (χ1) is 18.4. The molecule has 1 N–H and O–H groups in total. The van der Waals surface area contributed by atoms with Gasteiger partial charge in [0.05, 0.1) is 30.1 Å². The Morgan fingerprint density at radius 3 is 2.79 bits per heavy atom. The molecule has 0 saturated carbocycles. The molecule has 1 aliphatic rings. The third-order valence-electron chi connectivity index (χ3n) is 7.71. The van der Waals surface area contributed by atoms with Crippen LogP contribution in [0, 0.1) is 6.92 Å². The maximum Gasteiger partial charge on any atom is 0.230 e. The van der Waals surface area contributed by atoms with Crippen LogP contribution in [0.3, 0.4) is 0 Å². The molecular weight excluding hydrogens is 510 g/mol. The van der Waals surface area contributed by atoms with Crippen LogP contribution in [0.2, 0.25) is 18.1 Å². The molecule has 5 rings (SSSR count). The summed E-state index contributed by atoms with van der Waals surface area (Å²) in [6.07, 6.45) is 6.12. The van der Waals surface area contributed by atoms with Gasteiger partial charge >= 0.3 is 0 Å². The Bertz CT molecular complexity index is 1500. The molecule has 0 spiro atoms. The number of carbonyl (C=O) groups excluding carboxylic acids is 1. The largest absolute Gasteiger partial charge is 0.444 e. The smallest absolute Gasteiger partial charge is 0.230 e. The Morgan fingerprint density at radius 2 is 2.05 bits per heavy atom. The number of fused-ring (bicyclic) bond motifs is 1. The number of oxazole rings is 1. The van der Waals surface area contributed by atoms with Crippen LogP contribution in [0.1, 0.15) is 38.6 Å². The van der Waals surface area contributed by atoms with E-state index in [1.807, 2.05) is 32.2 Å². The number of aryl methyl sites for hydroxylation is 2. The van der Waals surface area contributed by atoms with Crippen LogP contribution in [0.5, 0.6) is 0 Å². The fourth-order valence-electron chi connectivity index (χ4n) is 4.57. The van der Waals surface area contributed by atoms with Gasteiger partial charge in [-0.15, -0.1) is 0 Å². The van der Waals surface area contributed by atoms with Gasteiger partial charge in [0.25, 0.3) is 0 Å². The van der Waals surface area contributed by atoms with Crippen molar-refractivity contribution in [2.24, 2.45) is 7.05 Å². The van der Waals surface area contributed by atoms with E-state index < -0.39 is 8.32 Å². The first-order valence-corrected chi connectivity index (χ1v) is 16.2. The zero-order chi connectivity index (χ0) is 27.9. The molecule has 1 fully saturated rings. The number of hydrogen-bond donors (Lipinski definition) is 1. The fraction of sp³-hybridized carbons (Fsp3) is 0.464. The molecule has 4 aromatic rings. The lowest BCUT2D eigenvalue weighted by atomic mass is 10.2. The van der Waals surface area contributed by atoms with Gasteiger partial charge in [-0.1, -0.05) is 20.8 Å². The number of aromatic nitrogens is 5. The predicted molar refractivity (Wildman–Crippen MR) is 154 cm³/mol. The summed E-state index contributed by atoms with van der Waals surface area (Å²) < 4.78 is 14.1. The van der Waals surface area contributed by atoms with Gasteiger partial charge in [0.15, 0.2) is 19.8 Å². The zero-order valence-corrected chi connectivity index (χ0v) is 24.8. The average Bonchev–Trinajstić information content (AvgIpc) is 3.59. The minimum absolute atomic E-state index is 0.0786. The van der Waals surface area contributed by atoms with Gasteiger partial charge < -0.3 is 19.1 Å². The highest BCUT2D eigenvalue weighted by atomic mass is 28.4. The van der Waals surface area contributed by atoms with Crippen molar-refractivity contribution in [1.29, 1.82) is 0 Å². The van der Waals surface area contributed by atoms with Gasteiger partial charge in [-0.25, -0.2) is 9.97 Å². The lowest BCUT2D eigenvalue weighted by molar-refractivity contribution is -0.115. The van der Waals surface area contributed by atoms with E-state index in [1.54, 1.807) is 17.1 Å². The molecule has 39 heavy (non-hydrogen) atoms. The summed E-state index contributed by atoms with van der Waals surface area (Å²) in [4.78, 5) is 29.0. The van der Waals surface area contributed by atoms with Gasteiger partial charge in [-0.3, -0.25) is 14.5 Å². The Kier molecular flexibility index (Phi) is 7.06. The molecule has 1 saturated heterocycles. The molecular formula is C28H37N7O3Si. The zero-order valence-electron chi connectivity index (χ0n) is 23.8. The normalized spacial score (nSPS) is 16.3. The first-order valence-electron chi connectivity index (χ1n) is 13.3. The number of anilines is 2. The van der Waals surface area contributed by atoms with E-state index in [2.05, 4.69) is 59.1 Å². The topological polar surface area (TPSA) is 111 Å². The number of hydrogen-bond acceptors (Lipinski definition) is 8. The van der Waals surface area contributed by atoms with Crippen molar-refractivity contribution in [3.05, 3.63) is 48.2 Å². The van der Waals surface area contributed by atoms with Crippen molar-refractivity contribution >= 4 is 36.8 Å². The predicted octanol–water partition coefficient (Wildman–Crippen LogP) is 5.11. The summed E-state index contributed by atoms with van der Waals surface area (Å²) >= 11 is 0. The number of amides is 1. The Morgan fingerprint density at radius 1 is 1.26 bits per heavy atom. The summed E-state index contributed by atoms with van der Waals surface area (Å²) in [5.41, 5.74) is 3.67. The van der Waals surface area contributed by atoms with Crippen LogP contribution < -0.4 is 10.2 Å². The number of pyridine rings is 2. The number of nitrogens with one attached hydrogen (secondary N) is 1. The highest BCUT2D eigenvalue weighted by molar-refractivity contribution is 6.74. The highest BCUT2D eigenvalue weighted by Gasteiger charge is 2.41. The van der Waals surface area contributed by atoms with Gasteiger partial charge in [0, 0.05) is 43.0 Å². The lowest BCUT2D eigenvalue weighted by Gasteiger charge is -2.38. The molecule has 1 atom stereocenters. The molecule has 0 aliphatic carbocycles. The van der Waals surface area contributed by atoms with Crippen LogP contribution in [-0.2, 0) is 22.7 Å². The van der Waals surface area contributed by atoms with Gasteiger partial charge in [-0.05, 0) is 49.7 Å². The maximum atomic E-state index is 13.2. The molecule has 1 aliphatic heterocycles. The van der Waals surface area contributed by atoms with Crippen LogP contribution in [-0.4, -0.2) is 58.2 Å². The van der Waals surface area contributed by atoms with Crippen LogP contribution >= 0.6 is 0 Å². The Balaban J connectivity index is 1.34. The highest BCUT2D eigenvalue weighted by Crippen LogP contribution is 2.39. The molecule has 5 heterocycles. The Labute approximate surface area is 229 Å². The minimum atomic E-state index is -1.90. The molecule has 4 aromatic heterocycles. The summed E-state index contributed by atoms with van der Waals surface area (Å²) in [7, 11) is -0.0293. The van der Waals surface area contributed by atoms with E-state index >= 15 is 0 Å². The standard InChI is InChI=1S/C28H37N7O3Si/c1-18-12-19(8-10-29-18)27-31-21(17-37-27)14-24(36)32-23-13-20-15-30-34(5)25(20)33-26(23)35-11-9-22(16-35)38-39(6,7)28(2,3)4/h8,10,12-13,15,17,22H,9,11,14,16H2,1-7H3,(H,32,36)/t22-/m0/s1. The molecule has 11 heteroatoms. The summed E-state index contributed by atoms with van der Waals surface area (Å²) in [5.74, 6) is 1.00. The quantitative estimate of drug-likeness (QED) is 0.318. The number of carbonyl (C=O) groups is 1. The van der Waals surface area contributed by atoms with Gasteiger partial charge in [0.2, 0.25) is 11.8 Å². The number of nitrogens with zero attached hydrogens (tertiary/aromatic N) is 6. The molecule has 206 valence electrons. The SMILES string of the molecule is Cc1cc(-c2nc(CC(=O)Nc3cc4cnn(C)c4nc3N3CC[C@H](O[Si](C)(C)C(C)(C)C)C3)co2)ccn1. The summed E-state index contributed by atoms with van der Waals surface area (Å²) in [6, 6.07) is 5.68. The second-order valence-electron chi connectivity index (χ2n) is 11.8. The van der Waals surface area contributed by atoms with Crippen LogP contribution in [0.15, 0.2) is 41.3 Å². The number of rotatable bonds is 7. The molecule has 0 radical (unpaired) electrons. The van der Waals surface area contributed by atoms with Crippen molar-refractivity contribution in [1.82, 2.24) is 24.7 Å². The van der Waals surface area contributed by atoms with Crippen molar-refractivity contribution in [2.45, 2.75) is 64.8 Å². The monoisotopic (exact) mass is 547 g/mol. The van der Waals surface area contributed by atoms with E-state index in [0.717, 1.165) is 47.6 Å². The van der Waals surface area contributed by atoms with E-state index in [1.165, 1.54) is 6.26 Å². The van der Waals surface area contributed by atoms with Crippen molar-refractivity contribution in [2.75, 3.05) is 23.3 Å². The minimum Gasteiger partial charge on any atom is -0.444 e. The first kappa shape index (κ1) is 27.0. The van der Waals surface area contributed by atoms with E-state index in [-0.39, 0.29) is 23.5 Å². The second-order valence-corrected chi connectivity index (χ2v) is 16.6. The van der Waals surface area contributed by atoms with Crippen LogP contribution in [0.25, 0.3) is 22.5 Å². The maximum absolute atomic E-state index is 13.2. The van der Waals surface area contributed by atoms with Crippen molar-refractivity contribution in [3.8, 4) is 11.5 Å². The Hall–Kier alpha value is -3.57.